The third kappa shape index (κ3) is 6.06. The van der Waals surface area contributed by atoms with Crippen molar-refractivity contribution in [3.63, 3.8) is 0 Å². The highest BCUT2D eigenvalue weighted by atomic mass is 28.5. The predicted molar refractivity (Wildman–Crippen MR) is 85.6 cm³/mol. The molecular formula is C12H30O5Si3. The fraction of sp³-hybridized carbons (Fsp3) is 1.00. The van der Waals surface area contributed by atoms with Crippen molar-refractivity contribution in [2.45, 2.75) is 78.9 Å². The Morgan fingerprint density at radius 3 is 1.15 bits per heavy atom. The molecule has 0 aromatic carbocycles. The molecule has 0 bridgehead atoms. The first-order valence-electron chi connectivity index (χ1n) is 7.04. The average molecular weight is 339 g/mol. The van der Waals surface area contributed by atoms with Gasteiger partial charge < -0.3 is 21.2 Å². The van der Waals surface area contributed by atoms with E-state index in [0.29, 0.717) is 0 Å². The molecule has 1 saturated heterocycles. The summed E-state index contributed by atoms with van der Waals surface area (Å²) in [6.45, 7) is 20.0. The van der Waals surface area contributed by atoms with Crippen LogP contribution in [0.1, 0.15) is 41.5 Å². The zero-order valence-corrected chi connectivity index (χ0v) is 17.5. The maximum atomic E-state index is 6.18. The highest BCUT2D eigenvalue weighted by Crippen LogP contribution is 2.36. The maximum absolute atomic E-state index is 6.18. The van der Waals surface area contributed by atoms with Crippen LogP contribution in [0.2, 0.25) is 26.2 Å². The van der Waals surface area contributed by atoms with Crippen molar-refractivity contribution >= 4 is 26.2 Å². The van der Waals surface area contributed by atoms with Crippen LogP contribution in [0.25, 0.3) is 0 Å². The second-order valence-electron chi connectivity index (χ2n) is 8.03. The van der Waals surface area contributed by atoms with Crippen molar-refractivity contribution < 1.29 is 21.2 Å². The lowest BCUT2D eigenvalue weighted by Crippen LogP contribution is -2.71. The van der Waals surface area contributed by atoms with Crippen LogP contribution in [0.4, 0.5) is 0 Å². The minimum absolute atomic E-state index is 0.399. The van der Waals surface area contributed by atoms with Crippen LogP contribution in [0.3, 0.4) is 0 Å². The van der Waals surface area contributed by atoms with Gasteiger partial charge in [-0.25, -0.2) is 0 Å². The molecule has 0 spiro atoms. The molecule has 8 heteroatoms. The highest BCUT2D eigenvalue weighted by Gasteiger charge is 2.63. The van der Waals surface area contributed by atoms with E-state index in [1.165, 1.54) is 0 Å². The monoisotopic (exact) mass is 338 g/mol. The van der Waals surface area contributed by atoms with Gasteiger partial charge in [-0.15, -0.1) is 0 Å². The van der Waals surface area contributed by atoms with Gasteiger partial charge in [-0.2, -0.15) is 0 Å². The Labute approximate surface area is 126 Å². The molecule has 0 saturated carbocycles. The van der Waals surface area contributed by atoms with E-state index in [2.05, 4.69) is 0 Å². The van der Waals surface area contributed by atoms with Crippen LogP contribution < -0.4 is 0 Å². The number of rotatable bonds is 2. The first kappa shape index (κ1) is 18.5. The lowest BCUT2D eigenvalue weighted by molar-refractivity contribution is -0.0799. The van der Waals surface area contributed by atoms with Crippen LogP contribution in [-0.2, 0) is 21.2 Å². The van der Waals surface area contributed by atoms with Crippen molar-refractivity contribution in [1.29, 1.82) is 0 Å². The predicted octanol–water partition coefficient (Wildman–Crippen LogP) is 3.52. The van der Waals surface area contributed by atoms with E-state index in [0.717, 1.165) is 0 Å². The van der Waals surface area contributed by atoms with Crippen LogP contribution in [0.5, 0.6) is 0 Å². The fourth-order valence-corrected chi connectivity index (χ4v) is 15.5. The SMILES string of the molecule is CC(C)(C)O[Si]1(OC(C)(C)C)O[Si](C)(C)O[Si](C)(C)O1. The zero-order chi connectivity index (χ0) is 16.0. The molecule has 0 unspecified atom stereocenters. The van der Waals surface area contributed by atoms with Crippen molar-refractivity contribution in [1.82, 2.24) is 0 Å². The summed E-state index contributed by atoms with van der Waals surface area (Å²) in [5.74, 6) is 0. The first-order valence-corrected chi connectivity index (χ1v) is 14.3. The van der Waals surface area contributed by atoms with Gasteiger partial charge in [-0.1, -0.05) is 0 Å². The summed E-state index contributed by atoms with van der Waals surface area (Å²) in [6, 6.07) is 0. The lowest BCUT2D eigenvalue weighted by Gasteiger charge is -2.49. The molecule has 120 valence electrons. The van der Waals surface area contributed by atoms with Gasteiger partial charge in [0.05, 0.1) is 11.2 Å². The summed E-state index contributed by atoms with van der Waals surface area (Å²) in [4.78, 5) is 0. The van der Waals surface area contributed by atoms with Crippen LogP contribution in [0, 0.1) is 0 Å². The average Bonchev–Trinajstić information content (AvgIpc) is 1.83. The minimum atomic E-state index is -3.23. The molecule has 1 aliphatic rings. The van der Waals surface area contributed by atoms with Gasteiger partial charge in [0.2, 0.25) is 0 Å². The van der Waals surface area contributed by atoms with E-state index in [-0.39, 0.29) is 0 Å². The van der Waals surface area contributed by atoms with E-state index in [9.17, 15) is 0 Å². The van der Waals surface area contributed by atoms with Crippen molar-refractivity contribution in [3.8, 4) is 0 Å². The fourth-order valence-electron chi connectivity index (χ4n) is 2.11. The Kier molecular flexibility index (Phi) is 4.87. The summed E-state index contributed by atoms with van der Waals surface area (Å²) in [5.41, 5.74) is -0.798. The minimum Gasteiger partial charge on any atom is -0.416 e. The van der Waals surface area contributed by atoms with Gasteiger partial charge in [0.15, 0.2) is 0 Å². The van der Waals surface area contributed by atoms with Gasteiger partial charge in [-0.05, 0) is 67.7 Å². The van der Waals surface area contributed by atoms with E-state index in [1.807, 2.05) is 67.7 Å². The van der Waals surface area contributed by atoms with Crippen LogP contribution in [-0.4, -0.2) is 37.4 Å². The molecule has 1 fully saturated rings. The molecule has 0 amide bonds. The summed E-state index contributed by atoms with van der Waals surface area (Å²) in [6.07, 6.45) is 0. The molecule has 0 radical (unpaired) electrons. The van der Waals surface area contributed by atoms with E-state index < -0.39 is 37.4 Å². The highest BCUT2D eigenvalue weighted by molar-refractivity contribution is 6.89. The topological polar surface area (TPSA) is 46.2 Å². The second kappa shape index (κ2) is 5.27. The molecule has 0 N–H and O–H groups in total. The van der Waals surface area contributed by atoms with Crippen molar-refractivity contribution in [3.05, 3.63) is 0 Å². The van der Waals surface area contributed by atoms with E-state index in [4.69, 9.17) is 21.2 Å². The summed E-state index contributed by atoms with van der Waals surface area (Å²) in [5, 5.41) is 0. The number of hydrogen-bond donors (Lipinski definition) is 0. The molecule has 20 heavy (non-hydrogen) atoms. The quantitative estimate of drug-likeness (QED) is 0.721. The lowest BCUT2D eigenvalue weighted by atomic mass is 10.2. The summed E-state index contributed by atoms with van der Waals surface area (Å²) in [7, 11) is -7.85. The largest absolute Gasteiger partial charge is 0.662 e. The normalized spacial score (nSPS) is 25.5. The number of hydrogen-bond acceptors (Lipinski definition) is 5. The molecular weight excluding hydrogens is 308 g/mol. The molecule has 0 aromatic heterocycles. The molecule has 0 aromatic rings. The van der Waals surface area contributed by atoms with Gasteiger partial charge in [0.25, 0.3) is 0 Å². The molecule has 5 nitrogen and oxygen atoms in total. The van der Waals surface area contributed by atoms with Gasteiger partial charge in [-0.3, -0.25) is 0 Å². The van der Waals surface area contributed by atoms with Gasteiger partial charge in [0, 0.05) is 0 Å². The van der Waals surface area contributed by atoms with Crippen LogP contribution >= 0.6 is 0 Å². The second-order valence-corrected chi connectivity index (χ2v) is 17.5. The molecule has 1 aliphatic heterocycles. The zero-order valence-electron chi connectivity index (χ0n) is 14.5. The summed E-state index contributed by atoms with van der Waals surface area (Å²) >= 11 is 0. The van der Waals surface area contributed by atoms with E-state index in [1.54, 1.807) is 0 Å². The van der Waals surface area contributed by atoms with E-state index >= 15 is 0 Å². The third-order valence-electron chi connectivity index (χ3n) is 2.10. The maximum Gasteiger partial charge on any atom is 0.662 e. The van der Waals surface area contributed by atoms with Gasteiger partial charge in [0.1, 0.15) is 0 Å². The van der Waals surface area contributed by atoms with Crippen molar-refractivity contribution in [2.75, 3.05) is 0 Å². The smallest absolute Gasteiger partial charge is 0.416 e. The molecule has 0 aliphatic carbocycles. The van der Waals surface area contributed by atoms with Crippen molar-refractivity contribution in [2.24, 2.45) is 0 Å². The molecule has 1 rings (SSSR count). The van der Waals surface area contributed by atoms with Gasteiger partial charge >= 0.3 is 26.2 Å². The Morgan fingerprint density at radius 1 is 0.600 bits per heavy atom. The summed E-state index contributed by atoms with van der Waals surface area (Å²) < 4.78 is 30.7. The Hall–Kier alpha value is 0.451. The Morgan fingerprint density at radius 2 is 0.900 bits per heavy atom. The Balaban J connectivity index is 3.15. The van der Waals surface area contributed by atoms with Crippen LogP contribution in [0.15, 0.2) is 0 Å². The standard InChI is InChI=1S/C12H30O5Si3/c1-11(2,3)13-20(14-12(4,5)6)16-18(7,8)15-19(9,10)17-20/h1-10H3. The third-order valence-corrected chi connectivity index (χ3v) is 13.7. The first-order chi connectivity index (χ1) is 8.54. The molecule has 0 atom stereocenters. The molecule has 1 heterocycles. The Bertz CT molecular complexity index is 316.